The van der Waals surface area contributed by atoms with Crippen LogP contribution in [0.2, 0.25) is 0 Å². The Kier molecular flexibility index (Phi) is 3.39. The fourth-order valence-electron chi connectivity index (χ4n) is 3.23. The van der Waals surface area contributed by atoms with Gasteiger partial charge in [0.2, 0.25) is 0 Å². The number of likely N-dealkylation sites (tertiary alicyclic amines) is 1. The molecule has 1 aliphatic heterocycles. The molecule has 0 atom stereocenters. The zero-order chi connectivity index (χ0) is 12.5. The van der Waals surface area contributed by atoms with Crippen molar-refractivity contribution in [1.82, 2.24) is 4.90 Å². The quantitative estimate of drug-likeness (QED) is 0.697. The number of rotatable bonds is 2. The summed E-state index contributed by atoms with van der Waals surface area (Å²) in [6, 6.07) is 0. The summed E-state index contributed by atoms with van der Waals surface area (Å²) in [5, 5.41) is 0. The van der Waals surface area contributed by atoms with E-state index in [1.165, 1.54) is 42.7 Å². The molecule has 0 N–H and O–H groups in total. The SMILES string of the molecule is C=CC1=C(/C=C\C)C=C(C)C12CCN(C)CC2. The molecule has 1 nitrogen and oxygen atoms in total. The molecule has 0 bridgehead atoms. The number of allylic oxidation sites excluding steroid dienone is 7. The van der Waals surface area contributed by atoms with E-state index < -0.39 is 0 Å². The minimum absolute atomic E-state index is 0.281. The Balaban J connectivity index is 2.40. The van der Waals surface area contributed by atoms with Crippen LogP contribution in [-0.2, 0) is 0 Å². The van der Waals surface area contributed by atoms with Gasteiger partial charge in [0.15, 0.2) is 0 Å². The van der Waals surface area contributed by atoms with Crippen LogP contribution >= 0.6 is 0 Å². The van der Waals surface area contributed by atoms with Crippen LogP contribution in [-0.4, -0.2) is 25.0 Å². The average molecular weight is 229 g/mol. The monoisotopic (exact) mass is 229 g/mol. The summed E-state index contributed by atoms with van der Waals surface area (Å²) in [6.07, 6.45) is 11.2. The van der Waals surface area contributed by atoms with Crippen molar-refractivity contribution in [2.45, 2.75) is 26.7 Å². The van der Waals surface area contributed by atoms with E-state index in [1.54, 1.807) is 0 Å². The third kappa shape index (κ3) is 1.93. The van der Waals surface area contributed by atoms with Gasteiger partial charge in [0.05, 0.1) is 0 Å². The predicted molar refractivity (Wildman–Crippen MR) is 75.0 cm³/mol. The van der Waals surface area contributed by atoms with Gasteiger partial charge in [-0.3, -0.25) is 0 Å². The van der Waals surface area contributed by atoms with Gasteiger partial charge in [-0.15, -0.1) is 0 Å². The van der Waals surface area contributed by atoms with Gasteiger partial charge in [0.25, 0.3) is 0 Å². The summed E-state index contributed by atoms with van der Waals surface area (Å²) in [6.45, 7) is 10.8. The van der Waals surface area contributed by atoms with Gasteiger partial charge in [-0.1, -0.05) is 36.5 Å². The highest BCUT2D eigenvalue weighted by atomic mass is 15.1. The van der Waals surface area contributed by atoms with Gasteiger partial charge >= 0.3 is 0 Å². The number of hydrogen-bond donors (Lipinski definition) is 0. The van der Waals surface area contributed by atoms with Crippen molar-refractivity contribution in [2.24, 2.45) is 5.41 Å². The maximum atomic E-state index is 4.04. The first-order valence-corrected chi connectivity index (χ1v) is 6.51. The fraction of sp³-hybridized carbons (Fsp3) is 0.500. The number of nitrogens with zero attached hydrogens (tertiary/aromatic N) is 1. The second-order valence-corrected chi connectivity index (χ2v) is 5.29. The van der Waals surface area contributed by atoms with Gasteiger partial charge in [-0.2, -0.15) is 0 Å². The van der Waals surface area contributed by atoms with Crippen LogP contribution in [0.5, 0.6) is 0 Å². The highest BCUT2D eigenvalue weighted by molar-refractivity contribution is 5.55. The number of piperidine rings is 1. The Morgan fingerprint density at radius 3 is 2.53 bits per heavy atom. The Morgan fingerprint density at radius 2 is 2.00 bits per heavy atom. The van der Waals surface area contributed by atoms with E-state index in [-0.39, 0.29) is 5.41 Å². The lowest BCUT2D eigenvalue weighted by Crippen LogP contribution is -2.38. The molecule has 1 fully saturated rings. The molecule has 0 aromatic carbocycles. The molecule has 1 spiro atoms. The zero-order valence-corrected chi connectivity index (χ0v) is 11.3. The topological polar surface area (TPSA) is 3.24 Å². The summed E-state index contributed by atoms with van der Waals surface area (Å²) < 4.78 is 0. The maximum Gasteiger partial charge on any atom is 0.0192 e. The first-order chi connectivity index (χ1) is 8.14. The second-order valence-electron chi connectivity index (χ2n) is 5.29. The van der Waals surface area contributed by atoms with Gasteiger partial charge in [-0.05, 0) is 58.0 Å². The van der Waals surface area contributed by atoms with Crippen molar-refractivity contribution in [3.05, 3.63) is 47.6 Å². The minimum atomic E-state index is 0.281. The van der Waals surface area contributed by atoms with Gasteiger partial charge < -0.3 is 4.90 Å². The molecule has 2 aliphatic rings. The van der Waals surface area contributed by atoms with Crippen molar-refractivity contribution < 1.29 is 0 Å². The van der Waals surface area contributed by atoms with Crippen molar-refractivity contribution in [3.63, 3.8) is 0 Å². The third-order valence-corrected chi connectivity index (χ3v) is 4.34. The van der Waals surface area contributed by atoms with Gasteiger partial charge in [0.1, 0.15) is 0 Å². The molecule has 1 heterocycles. The Bertz CT molecular complexity index is 401. The van der Waals surface area contributed by atoms with Crippen LogP contribution in [0.4, 0.5) is 0 Å². The molecule has 1 saturated heterocycles. The summed E-state index contributed by atoms with van der Waals surface area (Å²) in [5.74, 6) is 0. The van der Waals surface area contributed by atoms with Crippen LogP contribution in [0.3, 0.4) is 0 Å². The Morgan fingerprint density at radius 1 is 1.35 bits per heavy atom. The van der Waals surface area contributed by atoms with E-state index in [0.29, 0.717) is 0 Å². The van der Waals surface area contributed by atoms with E-state index >= 15 is 0 Å². The summed E-state index contributed by atoms with van der Waals surface area (Å²) >= 11 is 0. The first-order valence-electron chi connectivity index (χ1n) is 6.51. The molecular weight excluding hydrogens is 206 g/mol. The van der Waals surface area contributed by atoms with Crippen molar-refractivity contribution in [1.29, 1.82) is 0 Å². The standard InChI is InChI=1S/C16H23N/c1-5-7-14-12-13(3)16(15(14)6-2)8-10-17(4)11-9-16/h5-7,12H,2,8-11H2,1,3-4H3/b7-5-. The smallest absolute Gasteiger partial charge is 0.0192 e. The predicted octanol–water partition coefficient (Wildman–Crippen LogP) is 3.72. The van der Waals surface area contributed by atoms with Gasteiger partial charge in [-0.25, -0.2) is 0 Å². The molecule has 1 heteroatoms. The lowest BCUT2D eigenvalue weighted by molar-refractivity contribution is 0.188. The van der Waals surface area contributed by atoms with E-state index in [9.17, 15) is 0 Å². The molecule has 0 aromatic heterocycles. The van der Waals surface area contributed by atoms with Crippen LogP contribution in [0.15, 0.2) is 47.6 Å². The van der Waals surface area contributed by atoms with Crippen LogP contribution in [0, 0.1) is 5.41 Å². The van der Waals surface area contributed by atoms with Crippen molar-refractivity contribution >= 4 is 0 Å². The van der Waals surface area contributed by atoms with Crippen LogP contribution in [0.1, 0.15) is 26.7 Å². The molecule has 2 rings (SSSR count). The lowest BCUT2D eigenvalue weighted by Gasteiger charge is -2.41. The summed E-state index contributed by atoms with van der Waals surface area (Å²) in [7, 11) is 2.21. The maximum absolute atomic E-state index is 4.04. The molecule has 0 radical (unpaired) electrons. The summed E-state index contributed by atoms with van der Waals surface area (Å²) in [5.41, 5.74) is 4.61. The zero-order valence-electron chi connectivity index (χ0n) is 11.3. The third-order valence-electron chi connectivity index (χ3n) is 4.34. The molecule has 0 saturated carbocycles. The van der Waals surface area contributed by atoms with Crippen molar-refractivity contribution in [3.8, 4) is 0 Å². The molecule has 0 unspecified atom stereocenters. The summed E-state index contributed by atoms with van der Waals surface area (Å²) in [4.78, 5) is 2.42. The molecule has 1 aliphatic carbocycles. The Hall–Kier alpha value is -1.08. The normalized spacial score (nSPS) is 24.8. The molecular formula is C16H23N. The first kappa shape index (κ1) is 12.4. The molecule has 0 aromatic rings. The fourth-order valence-corrected chi connectivity index (χ4v) is 3.23. The van der Waals surface area contributed by atoms with E-state index in [0.717, 1.165) is 0 Å². The lowest BCUT2D eigenvalue weighted by atomic mass is 9.70. The van der Waals surface area contributed by atoms with Gasteiger partial charge in [0, 0.05) is 5.41 Å². The molecule has 92 valence electrons. The highest BCUT2D eigenvalue weighted by Gasteiger charge is 2.41. The Labute approximate surface area is 105 Å². The second kappa shape index (κ2) is 4.66. The van der Waals surface area contributed by atoms with E-state index in [2.05, 4.69) is 56.7 Å². The minimum Gasteiger partial charge on any atom is -0.306 e. The van der Waals surface area contributed by atoms with Crippen LogP contribution in [0.25, 0.3) is 0 Å². The number of hydrogen-bond acceptors (Lipinski definition) is 1. The molecule has 0 amide bonds. The van der Waals surface area contributed by atoms with E-state index in [4.69, 9.17) is 0 Å². The average Bonchev–Trinajstić information content (AvgIpc) is 2.56. The largest absolute Gasteiger partial charge is 0.306 e. The molecule has 17 heavy (non-hydrogen) atoms. The van der Waals surface area contributed by atoms with Crippen LogP contribution < -0.4 is 0 Å². The van der Waals surface area contributed by atoms with E-state index in [1.807, 2.05) is 0 Å². The highest BCUT2D eigenvalue weighted by Crippen LogP contribution is 2.50. The van der Waals surface area contributed by atoms with Crippen molar-refractivity contribution in [2.75, 3.05) is 20.1 Å².